The molecule has 1 amide bonds. The maximum absolute atomic E-state index is 12.2. The van der Waals surface area contributed by atoms with Crippen molar-refractivity contribution in [3.8, 4) is 0 Å². The third kappa shape index (κ3) is 5.33. The average molecular weight is 277 g/mol. The molecule has 1 atom stereocenters. The molecule has 0 fully saturated rings. The van der Waals surface area contributed by atoms with E-state index in [2.05, 4.69) is 26.1 Å². The van der Waals surface area contributed by atoms with Crippen molar-refractivity contribution in [1.82, 2.24) is 5.32 Å². The van der Waals surface area contributed by atoms with E-state index < -0.39 is 0 Å². The van der Waals surface area contributed by atoms with Crippen molar-refractivity contribution >= 4 is 5.91 Å². The van der Waals surface area contributed by atoms with Crippen LogP contribution in [0, 0.1) is 0 Å². The largest absolute Gasteiger partial charge is 0.355 e. The lowest BCUT2D eigenvalue weighted by Crippen LogP contribution is -3.11. The highest BCUT2D eigenvalue weighted by Gasteiger charge is 2.17. The number of amides is 1. The Balaban J connectivity index is 2.37. The van der Waals surface area contributed by atoms with Crippen molar-refractivity contribution in [2.45, 2.75) is 39.5 Å². The Labute approximate surface area is 123 Å². The molecule has 1 rings (SSSR count). The molecule has 0 unspecified atom stereocenters. The van der Waals surface area contributed by atoms with E-state index in [0.29, 0.717) is 0 Å². The van der Waals surface area contributed by atoms with Gasteiger partial charge in [0.25, 0.3) is 0 Å². The second-order valence-electron chi connectivity index (χ2n) is 5.22. The smallest absolute Gasteiger partial charge is 0.227 e. The molecule has 0 radical (unpaired) electrons. The number of benzene rings is 1. The van der Waals surface area contributed by atoms with Gasteiger partial charge in [-0.05, 0) is 25.8 Å². The molecule has 112 valence electrons. The molecular weight excluding hydrogens is 248 g/mol. The molecule has 3 heteroatoms. The van der Waals surface area contributed by atoms with Gasteiger partial charge >= 0.3 is 0 Å². The number of nitrogens with one attached hydrogen (secondary N) is 2. The van der Waals surface area contributed by atoms with Crippen LogP contribution >= 0.6 is 0 Å². The highest BCUT2D eigenvalue weighted by molar-refractivity contribution is 5.83. The van der Waals surface area contributed by atoms with E-state index in [1.807, 2.05) is 30.3 Å². The van der Waals surface area contributed by atoms with Gasteiger partial charge in [-0.2, -0.15) is 0 Å². The number of quaternary nitrogens is 1. The van der Waals surface area contributed by atoms with Gasteiger partial charge in [0, 0.05) is 13.0 Å². The predicted octanol–water partition coefficient (Wildman–Crippen LogP) is 1.61. The van der Waals surface area contributed by atoms with Gasteiger partial charge in [0.05, 0.1) is 25.6 Å². The van der Waals surface area contributed by atoms with Gasteiger partial charge in [-0.1, -0.05) is 37.3 Å². The van der Waals surface area contributed by atoms with Crippen LogP contribution in [-0.2, 0) is 4.79 Å². The first-order chi connectivity index (χ1) is 9.72. The van der Waals surface area contributed by atoms with Crippen LogP contribution in [0.5, 0.6) is 0 Å². The summed E-state index contributed by atoms with van der Waals surface area (Å²) in [7, 11) is 0. The van der Waals surface area contributed by atoms with Gasteiger partial charge in [-0.25, -0.2) is 0 Å². The molecule has 0 saturated carbocycles. The summed E-state index contributed by atoms with van der Waals surface area (Å²) in [5.41, 5.74) is 1.11. The Morgan fingerprint density at radius 3 is 2.35 bits per heavy atom. The highest BCUT2D eigenvalue weighted by Crippen LogP contribution is 2.18. The fourth-order valence-corrected chi connectivity index (χ4v) is 2.53. The van der Waals surface area contributed by atoms with Crippen LogP contribution in [0.1, 0.15) is 45.1 Å². The van der Waals surface area contributed by atoms with Crippen molar-refractivity contribution < 1.29 is 9.69 Å². The number of carbonyl (C=O) groups excluding carboxylic acids is 1. The molecule has 3 nitrogen and oxygen atoms in total. The van der Waals surface area contributed by atoms with Crippen LogP contribution < -0.4 is 10.2 Å². The zero-order valence-corrected chi connectivity index (χ0v) is 13.1. The summed E-state index contributed by atoms with van der Waals surface area (Å²) in [4.78, 5) is 13.8. The number of carbonyl (C=O) groups is 1. The Morgan fingerprint density at radius 1 is 1.15 bits per heavy atom. The second-order valence-corrected chi connectivity index (χ2v) is 5.22. The third-order valence-corrected chi connectivity index (χ3v) is 3.93. The van der Waals surface area contributed by atoms with Gasteiger partial charge in [0.2, 0.25) is 5.91 Å². The van der Waals surface area contributed by atoms with Crippen LogP contribution in [0.25, 0.3) is 0 Å². The van der Waals surface area contributed by atoms with E-state index in [1.165, 1.54) is 0 Å². The topological polar surface area (TPSA) is 33.5 Å². The van der Waals surface area contributed by atoms with Crippen LogP contribution in [0.2, 0.25) is 0 Å². The molecule has 2 N–H and O–H groups in total. The summed E-state index contributed by atoms with van der Waals surface area (Å²) in [5, 5.41) is 3.08. The first kappa shape index (κ1) is 16.7. The molecule has 0 spiro atoms. The fraction of sp³-hybridized carbons (Fsp3) is 0.588. The van der Waals surface area contributed by atoms with Gasteiger partial charge in [0.15, 0.2) is 0 Å². The fourth-order valence-electron chi connectivity index (χ4n) is 2.53. The summed E-state index contributed by atoms with van der Waals surface area (Å²) in [6, 6.07) is 10.0. The summed E-state index contributed by atoms with van der Waals surface area (Å²) in [5.74, 6) is 0.144. The third-order valence-electron chi connectivity index (χ3n) is 3.93. The van der Waals surface area contributed by atoms with Crippen LogP contribution in [0.4, 0.5) is 0 Å². The molecule has 0 aromatic heterocycles. The van der Waals surface area contributed by atoms with Gasteiger partial charge in [-0.3, -0.25) is 4.79 Å². The number of hydrogen-bond donors (Lipinski definition) is 2. The maximum atomic E-state index is 12.2. The second kappa shape index (κ2) is 9.54. The minimum atomic E-state index is -0.0167. The van der Waals surface area contributed by atoms with E-state index in [-0.39, 0.29) is 11.8 Å². The first-order valence-electron chi connectivity index (χ1n) is 7.89. The summed E-state index contributed by atoms with van der Waals surface area (Å²) in [6.45, 7) is 10.7. The monoisotopic (exact) mass is 277 g/mol. The first-order valence-corrected chi connectivity index (χ1v) is 7.89. The van der Waals surface area contributed by atoms with E-state index in [0.717, 1.165) is 44.6 Å². The Bertz CT molecular complexity index is 374. The summed E-state index contributed by atoms with van der Waals surface area (Å²) in [6.07, 6.45) is 1.89. The van der Waals surface area contributed by atoms with E-state index in [4.69, 9.17) is 0 Å². The van der Waals surface area contributed by atoms with Crippen molar-refractivity contribution in [1.29, 1.82) is 0 Å². The lowest BCUT2D eigenvalue weighted by Gasteiger charge is -2.17. The molecule has 0 aliphatic carbocycles. The lowest BCUT2D eigenvalue weighted by molar-refractivity contribution is -0.896. The molecular formula is C17H29N2O+. The van der Waals surface area contributed by atoms with Crippen molar-refractivity contribution in [2.24, 2.45) is 0 Å². The molecule has 0 bridgehead atoms. The van der Waals surface area contributed by atoms with E-state index in [1.54, 1.807) is 4.90 Å². The molecule has 20 heavy (non-hydrogen) atoms. The lowest BCUT2D eigenvalue weighted by atomic mass is 9.96. The van der Waals surface area contributed by atoms with Crippen LogP contribution in [-0.4, -0.2) is 32.1 Å². The van der Waals surface area contributed by atoms with Gasteiger partial charge in [-0.15, -0.1) is 0 Å². The molecule has 0 saturated heterocycles. The normalized spacial score (nSPS) is 12.4. The highest BCUT2D eigenvalue weighted by atomic mass is 16.1. The summed E-state index contributed by atoms with van der Waals surface area (Å²) >= 11 is 0. The zero-order chi connectivity index (χ0) is 14.8. The minimum absolute atomic E-state index is 0.0167. The van der Waals surface area contributed by atoms with E-state index in [9.17, 15) is 4.79 Å². The number of rotatable bonds is 9. The van der Waals surface area contributed by atoms with Crippen LogP contribution in [0.15, 0.2) is 30.3 Å². The molecule has 0 aliphatic rings. The minimum Gasteiger partial charge on any atom is -0.355 e. The maximum Gasteiger partial charge on any atom is 0.227 e. The SMILES string of the molecule is CC[C@@H](C(=O)NCCC[NH+](CC)CC)c1ccccc1. The Kier molecular flexibility index (Phi) is 7.97. The van der Waals surface area contributed by atoms with Crippen molar-refractivity contribution in [2.75, 3.05) is 26.2 Å². The van der Waals surface area contributed by atoms with Gasteiger partial charge in [0.1, 0.15) is 0 Å². The zero-order valence-electron chi connectivity index (χ0n) is 13.1. The Morgan fingerprint density at radius 2 is 1.80 bits per heavy atom. The quantitative estimate of drug-likeness (QED) is 0.661. The van der Waals surface area contributed by atoms with Crippen LogP contribution in [0.3, 0.4) is 0 Å². The van der Waals surface area contributed by atoms with Gasteiger partial charge < -0.3 is 10.2 Å². The molecule has 0 aliphatic heterocycles. The van der Waals surface area contributed by atoms with E-state index >= 15 is 0 Å². The average Bonchev–Trinajstić information content (AvgIpc) is 2.49. The molecule has 0 heterocycles. The number of hydrogen-bond acceptors (Lipinski definition) is 1. The standard InChI is InChI=1S/C17H28N2O/c1-4-16(15-11-8-7-9-12-15)17(20)18-13-10-14-19(5-2)6-3/h7-9,11-12,16H,4-6,10,13-14H2,1-3H3,(H,18,20)/p+1/t16-/m1/s1. The van der Waals surface area contributed by atoms with Crippen molar-refractivity contribution in [3.05, 3.63) is 35.9 Å². The van der Waals surface area contributed by atoms with Crippen molar-refractivity contribution in [3.63, 3.8) is 0 Å². The molecule has 1 aromatic carbocycles. The summed E-state index contributed by atoms with van der Waals surface area (Å²) < 4.78 is 0. The predicted molar refractivity (Wildman–Crippen MR) is 84.0 cm³/mol. The Hall–Kier alpha value is -1.35. The molecule has 1 aromatic rings.